The van der Waals surface area contributed by atoms with Crippen molar-refractivity contribution in [2.45, 2.75) is 19.8 Å². The lowest BCUT2D eigenvalue weighted by atomic mass is 10.0. The number of halogens is 1. The monoisotopic (exact) mass is 223 g/mol. The van der Waals surface area contributed by atoms with Crippen molar-refractivity contribution in [2.24, 2.45) is 0 Å². The van der Waals surface area contributed by atoms with Gasteiger partial charge < -0.3 is 0 Å². The van der Waals surface area contributed by atoms with E-state index in [1.807, 2.05) is 32.0 Å². The van der Waals surface area contributed by atoms with E-state index < -0.39 is 0 Å². The first-order valence-corrected chi connectivity index (χ1v) is 4.59. The molecule has 0 heterocycles. The molecule has 62 valence electrons. The van der Waals surface area contributed by atoms with Crippen LogP contribution in [0.2, 0.25) is 0 Å². The van der Waals surface area contributed by atoms with Gasteiger partial charge in [0.25, 0.3) is 0 Å². The van der Waals surface area contributed by atoms with Crippen LogP contribution in [-0.4, -0.2) is 0 Å². The van der Waals surface area contributed by atoms with Gasteiger partial charge in [0.05, 0.1) is 12.0 Å². The summed E-state index contributed by atoms with van der Waals surface area (Å²) in [5, 5.41) is 8.70. The number of rotatable bonds is 1. The summed E-state index contributed by atoms with van der Waals surface area (Å²) in [6.45, 7) is 3.93. The maximum Gasteiger partial charge on any atom is 0.0700 e. The molecule has 0 aliphatic rings. The predicted octanol–water partition coefficient (Wildman–Crippen LogP) is 3.38. The van der Waals surface area contributed by atoms with Crippen molar-refractivity contribution in [1.29, 1.82) is 5.26 Å². The number of hydrogen-bond acceptors (Lipinski definition) is 1. The van der Waals surface area contributed by atoms with Gasteiger partial charge in [0, 0.05) is 4.47 Å². The molecule has 0 bridgehead atoms. The zero-order valence-electron chi connectivity index (χ0n) is 7.13. The molecule has 1 aromatic carbocycles. The summed E-state index contributed by atoms with van der Waals surface area (Å²) < 4.78 is 1.04. The maximum absolute atomic E-state index is 8.70. The van der Waals surface area contributed by atoms with Crippen LogP contribution in [0.5, 0.6) is 0 Å². The third-order valence-electron chi connectivity index (χ3n) is 1.76. The van der Waals surface area contributed by atoms with E-state index in [-0.39, 0.29) is 5.92 Å². The first-order chi connectivity index (χ1) is 5.63. The standard InChI is InChI=1S/C10H10BrN/c1-7-3-9(8(2)6-12)5-10(11)4-7/h3-5,8H,1-2H3. The SMILES string of the molecule is Cc1cc(Br)cc(C(C)C#N)c1. The minimum absolute atomic E-state index is 0.0267. The smallest absolute Gasteiger partial charge is 0.0700 e. The molecule has 0 aliphatic heterocycles. The number of nitriles is 1. The van der Waals surface area contributed by atoms with Gasteiger partial charge in [-0.2, -0.15) is 5.26 Å². The van der Waals surface area contributed by atoms with E-state index in [4.69, 9.17) is 5.26 Å². The van der Waals surface area contributed by atoms with Crippen molar-refractivity contribution in [2.75, 3.05) is 0 Å². The lowest BCUT2D eigenvalue weighted by Gasteiger charge is -2.04. The molecule has 0 saturated carbocycles. The lowest BCUT2D eigenvalue weighted by Crippen LogP contribution is -1.90. The molecule has 0 radical (unpaired) electrons. The Balaban J connectivity index is 3.10. The Morgan fingerprint density at radius 2 is 2.08 bits per heavy atom. The Morgan fingerprint density at radius 1 is 1.42 bits per heavy atom. The summed E-state index contributed by atoms with van der Waals surface area (Å²) in [6, 6.07) is 8.28. The normalized spacial score (nSPS) is 12.2. The number of aryl methyl sites for hydroxylation is 1. The second kappa shape index (κ2) is 3.73. The van der Waals surface area contributed by atoms with E-state index in [9.17, 15) is 0 Å². The van der Waals surface area contributed by atoms with Gasteiger partial charge in [0.1, 0.15) is 0 Å². The van der Waals surface area contributed by atoms with Crippen LogP contribution < -0.4 is 0 Å². The third-order valence-corrected chi connectivity index (χ3v) is 2.22. The molecule has 1 aromatic rings. The highest BCUT2D eigenvalue weighted by Gasteiger charge is 2.04. The molecular weight excluding hydrogens is 214 g/mol. The maximum atomic E-state index is 8.70. The van der Waals surface area contributed by atoms with Crippen LogP contribution in [0, 0.1) is 18.3 Å². The second-order valence-corrected chi connectivity index (χ2v) is 3.83. The largest absolute Gasteiger partial charge is 0.198 e. The van der Waals surface area contributed by atoms with Gasteiger partial charge in [-0.15, -0.1) is 0 Å². The van der Waals surface area contributed by atoms with Gasteiger partial charge in [-0.25, -0.2) is 0 Å². The van der Waals surface area contributed by atoms with Crippen molar-refractivity contribution < 1.29 is 0 Å². The fourth-order valence-corrected chi connectivity index (χ4v) is 1.71. The molecule has 0 N–H and O–H groups in total. The first kappa shape index (κ1) is 9.28. The average molecular weight is 224 g/mol. The molecule has 0 spiro atoms. The zero-order chi connectivity index (χ0) is 9.14. The van der Waals surface area contributed by atoms with Crippen molar-refractivity contribution >= 4 is 15.9 Å². The second-order valence-electron chi connectivity index (χ2n) is 2.91. The third kappa shape index (κ3) is 2.09. The molecule has 1 nitrogen and oxygen atoms in total. The van der Waals surface area contributed by atoms with Crippen LogP contribution in [0.25, 0.3) is 0 Å². The Bertz CT molecular complexity index is 305. The molecule has 1 unspecified atom stereocenters. The van der Waals surface area contributed by atoms with E-state index in [1.165, 1.54) is 5.56 Å². The Kier molecular flexibility index (Phi) is 2.88. The average Bonchev–Trinajstić information content (AvgIpc) is 2.01. The molecule has 0 aromatic heterocycles. The summed E-state index contributed by atoms with van der Waals surface area (Å²) in [5.74, 6) is -0.0267. The minimum Gasteiger partial charge on any atom is -0.198 e. The van der Waals surface area contributed by atoms with Crippen molar-refractivity contribution in [1.82, 2.24) is 0 Å². The van der Waals surface area contributed by atoms with Gasteiger partial charge in [-0.05, 0) is 37.1 Å². The van der Waals surface area contributed by atoms with Crippen LogP contribution in [0.15, 0.2) is 22.7 Å². The van der Waals surface area contributed by atoms with Crippen molar-refractivity contribution in [3.8, 4) is 6.07 Å². The topological polar surface area (TPSA) is 23.8 Å². The minimum atomic E-state index is -0.0267. The molecule has 1 rings (SSSR count). The van der Waals surface area contributed by atoms with Gasteiger partial charge in [-0.1, -0.05) is 22.0 Å². The Morgan fingerprint density at radius 3 is 2.58 bits per heavy atom. The zero-order valence-corrected chi connectivity index (χ0v) is 8.72. The van der Waals surface area contributed by atoms with Crippen LogP contribution in [-0.2, 0) is 0 Å². The number of hydrogen-bond donors (Lipinski definition) is 0. The fourth-order valence-electron chi connectivity index (χ4n) is 1.09. The predicted molar refractivity (Wildman–Crippen MR) is 52.9 cm³/mol. The van der Waals surface area contributed by atoms with Crippen LogP contribution in [0.4, 0.5) is 0 Å². The number of nitrogens with zero attached hydrogens (tertiary/aromatic N) is 1. The van der Waals surface area contributed by atoms with E-state index in [2.05, 4.69) is 22.0 Å². The van der Waals surface area contributed by atoms with E-state index in [1.54, 1.807) is 0 Å². The highest BCUT2D eigenvalue weighted by atomic mass is 79.9. The molecule has 0 saturated heterocycles. The molecule has 1 atom stereocenters. The Labute approximate surface area is 81.2 Å². The summed E-state index contributed by atoms with van der Waals surface area (Å²) in [4.78, 5) is 0. The van der Waals surface area contributed by atoms with E-state index >= 15 is 0 Å². The highest BCUT2D eigenvalue weighted by Crippen LogP contribution is 2.21. The van der Waals surface area contributed by atoms with Crippen LogP contribution >= 0.6 is 15.9 Å². The van der Waals surface area contributed by atoms with Crippen molar-refractivity contribution in [3.05, 3.63) is 33.8 Å². The highest BCUT2D eigenvalue weighted by molar-refractivity contribution is 9.10. The Hall–Kier alpha value is -0.810. The first-order valence-electron chi connectivity index (χ1n) is 3.80. The molecule has 12 heavy (non-hydrogen) atoms. The number of benzene rings is 1. The van der Waals surface area contributed by atoms with E-state index in [0.29, 0.717) is 0 Å². The fraction of sp³-hybridized carbons (Fsp3) is 0.300. The van der Waals surface area contributed by atoms with Gasteiger partial charge in [0.2, 0.25) is 0 Å². The summed E-state index contributed by atoms with van der Waals surface area (Å²) >= 11 is 3.40. The molecule has 0 fully saturated rings. The quantitative estimate of drug-likeness (QED) is 0.717. The summed E-state index contributed by atoms with van der Waals surface area (Å²) in [5.41, 5.74) is 2.26. The van der Waals surface area contributed by atoms with Crippen molar-refractivity contribution in [3.63, 3.8) is 0 Å². The molecule has 2 heteroatoms. The van der Waals surface area contributed by atoms with Crippen LogP contribution in [0.3, 0.4) is 0 Å². The van der Waals surface area contributed by atoms with Gasteiger partial charge in [-0.3, -0.25) is 0 Å². The summed E-state index contributed by atoms with van der Waals surface area (Å²) in [7, 11) is 0. The molecular formula is C10H10BrN. The van der Waals surface area contributed by atoms with Gasteiger partial charge in [0.15, 0.2) is 0 Å². The van der Waals surface area contributed by atoms with E-state index in [0.717, 1.165) is 10.0 Å². The summed E-state index contributed by atoms with van der Waals surface area (Å²) in [6.07, 6.45) is 0. The van der Waals surface area contributed by atoms with Crippen LogP contribution in [0.1, 0.15) is 24.0 Å². The molecule has 0 amide bonds. The lowest BCUT2D eigenvalue weighted by molar-refractivity contribution is 0.977. The van der Waals surface area contributed by atoms with Gasteiger partial charge >= 0.3 is 0 Å². The molecule has 0 aliphatic carbocycles.